The minimum atomic E-state index is -1.11. The Kier molecular flexibility index (Phi) is 4.22. The molecule has 6 heteroatoms. The molecule has 0 aliphatic heterocycles. The topological polar surface area (TPSA) is 79.5 Å². The van der Waals surface area contributed by atoms with E-state index in [4.69, 9.17) is 9.52 Å². The van der Waals surface area contributed by atoms with Crippen molar-refractivity contribution in [2.45, 2.75) is 31.4 Å². The summed E-state index contributed by atoms with van der Waals surface area (Å²) >= 11 is 1.17. The van der Waals surface area contributed by atoms with Crippen molar-refractivity contribution in [1.82, 2.24) is 5.32 Å². The van der Waals surface area contributed by atoms with E-state index in [9.17, 15) is 9.59 Å². The number of furan rings is 1. The minimum Gasteiger partial charge on any atom is -0.475 e. The maximum Gasteiger partial charge on any atom is 0.371 e. The lowest BCUT2D eigenvalue weighted by Crippen LogP contribution is -2.41. The molecule has 0 fully saturated rings. The lowest BCUT2D eigenvalue weighted by atomic mass is 10.1. The standard InChI is InChI=1S/C11H15NO4S/c1-11(2,3)12-8(13)6-17-9-5-4-7(16-9)10(14)15/h4-5H,6H2,1-3H3,(H,12,13)(H,14,15). The number of nitrogens with one attached hydrogen (secondary N) is 1. The van der Waals surface area contributed by atoms with Crippen molar-refractivity contribution in [1.29, 1.82) is 0 Å². The zero-order chi connectivity index (χ0) is 13.1. The van der Waals surface area contributed by atoms with Crippen LogP contribution < -0.4 is 5.32 Å². The quantitative estimate of drug-likeness (QED) is 0.806. The van der Waals surface area contributed by atoms with Crippen molar-refractivity contribution in [3.8, 4) is 0 Å². The molecular formula is C11H15NO4S. The largest absolute Gasteiger partial charge is 0.475 e. The highest BCUT2D eigenvalue weighted by Gasteiger charge is 2.15. The normalized spacial score (nSPS) is 11.2. The first kappa shape index (κ1) is 13.6. The SMILES string of the molecule is CC(C)(C)NC(=O)CSc1ccc(C(=O)O)o1. The fourth-order valence-corrected chi connectivity index (χ4v) is 1.76. The van der Waals surface area contributed by atoms with Crippen LogP contribution in [-0.4, -0.2) is 28.3 Å². The molecular weight excluding hydrogens is 242 g/mol. The van der Waals surface area contributed by atoms with E-state index in [1.165, 1.54) is 17.8 Å². The second-order valence-corrected chi connectivity index (χ2v) is 5.49. The molecule has 1 aromatic heterocycles. The van der Waals surface area contributed by atoms with Gasteiger partial charge < -0.3 is 14.8 Å². The van der Waals surface area contributed by atoms with Crippen molar-refractivity contribution >= 4 is 23.6 Å². The van der Waals surface area contributed by atoms with Gasteiger partial charge in [-0.25, -0.2) is 4.79 Å². The lowest BCUT2D eigenvalue weighted by Gasteiger charge is -2.19. The van der Waals surface area contributed by atoms with E-state index >= 15 is 0 Å². The molecule has 1 aromatic rings. The van der Waals surface area contributed by atoms with Crippen LogP contribution in [0.25, 0.3) is 0 Å². The Hall–Kier alpha value is -1.43. The highest BCUT2D eigenvalue weighted by molar-refractivity contribution is 7.99. The van der Waals surface area contributed by atoms with Gasteiger partial charge in [-0.3, -0.25) is 4.79 Å². The van der Waals surface area contributed by atoms with Gasteiger partial charge >= 0.3 is 5.97 Å². The Labute approximate surface area is 104 Å². The van der Waals surface area contributed by atoms with Crippen LogP contribution in [0.15, 0.2) is 21.6 Å². The molecule has 0 aliphatic rings. The number of carboxylic acids is 1. The molecule has 5 nitrogen and oxygen atoms in total. The first-order valence-corrected chi connectivity index (χ1v) is 6.03. The number of amides is 1. The first-order valence-electron chi connectivity index (χ1n) is 5.05. The number of rotatable bonds is 4. The van der Waals surface area contributed by atoms with E-state index in [1.807, 2.05) is 20.8 Å². The fraction of sp³-hybridized carbons (Fsp3) is 0.455. The summed E-state index contributed by atoms with van der Waals surface area (Å²) in [6.45, 7) is 5.68. The summed E-state index contributed by atoms with van der Waals surface area (Å²) in [7, 11) is 0. The van der Waals surface area contributed by atoms with Crippen LogP contribution in [0.1, 0.15) is 31.3 Å². The smallest absolute Gasteiger partial charge is 0.371 e. The Morgan fingerprint density at radius 3 is 2.53 bits per heavy atom. The average molecular weight is 257 g/mol. The number of carboxylic acid groups (broad SMARTS) is 1. The summed E-state index contributed by atoms with van der Waals surface area (Å²) in [5, 5.41) is 11.9. The van der Waals surface area contributed by atoms with E-state index in [0.29, 0.717) is 5.09 Å². The molecule has 0 aliphatic carbocycles. The van der Waals surface area contributed by atoms with Crippen LogP contribution in [0.3, 0.4) is 0 Å². The highest BCUT2D eigenvalue weighted by Crippen LogP contribution is 2.20. The number of thioether (sulfide) groups is 1. The molecule has 0 aromatic carbocycles. The van der Waals surface area contributed by atoms with E-state index in [2.05, 4.69) is 5.32 Å². The van der Waals surface area contributed by atoms with Crippen LogP contribution in [0.5, 0.6) is 0 Å². The third kappa shape index (κ3) is 4.95. The molecule has 1 rings (SSSR count). The first-order chi connectivity index (χ1) is 7.78. The number of aromatic carboxylic acids is 1. The van der Waals surface area contributed by atoms with Crippen molar-refractivity contribution in [3.05, 3.63) is 17.9 Å². The van der Waals surface area contributed by atoms with Gasteiger partial charge in [-0.15, -0.1) is 0 Å². The van der Waals surface area contributed by atoms with Crippen LogP contribution in [0, 0.1) is 0 Å². The summed E-state index contributed by atoms with van der Waals surface area (Å²) in [6, 6.07) is 2.91. The number of carbonyl (C=O) groups is 2. The fourth-order valence-electron chi connectivity index (χ4n) is 1.10. The van der Waals surface area contributed by atoms with Crippen molar-refractivity contribution in [3.63, 3.8) is 0 Å². The van der Waals surface area contributed by atoms with Gasteiger partial charge in [-0.2, -0.15) is 0 Å². The third-order valence-electron chi connectivity index (χ3n) is 1.65. The molecule has 0 spiro atoms. The molecule has 1 heterocycles. The zero-order valence-corrected chi connectivity index (χ0v) is 10.8. The van der Waals surface area contributed by atoms with Gasteiger partial charge in [0.15, 0.2) is 5.09 Å². The van der Waals surface area contributed by atoms with Gasteiger partial charge in [0, 0.05) is 5.54 Å². The lowest BCUT2D eigenvalue weighted by molar-refractivity contribution is -0.119. The van der Waals surface area contributed by atoms with E-state index in [1.54, 1.807) is 6.07 Å². The number of hydrogen-bond donors (Lipinski definition) is 2. The van der Waals surface area contributed by atoms with E-state index < -0.39 is 5.97 Å². The van der Waals surface area contributed by atoms with Crippen LogP contribution in [-0.2, 0) is 4.79 Å². The molecule has 94 valence electrons. The molecule has 1 amide bonds. The minimum absolute atomic E-state index is 0.115. The maximum atomic E-state index is 11.5. The van der Waals surface area contributed by atoms with Gasteiger partial charge in [0.05, 0.1) is 5.75 Å². The molecule has 0 atom stereocenters. The highest BCUT2D eigenvalue weighted by atomic mass is 32.2. The van der Waals surface area contributed by atoms with Gasteiger partial charge in [0.25, 0.3) is 0 Å². The van der Waals surface area contributed by atoms with Gasteiger partial charge in [0.1, 0.15) is 0 Å². The van der Waals surface area contributed by atoms with Crippen molar-refractivity contribution < 1.29 is 19.1 Å². The molecule has 0 saturated heterocycles. The van der Waals surface area contributed by atoms with Gasteiger partial charge in [-0.05, 0) is 32.9 Å². The Balaban J connectivity index is 2.45. The van der Waals surface area contributed by atoms with Gasteiger partial charge in [0.2, 0.25) is 11.7 Å². The molecule has 0 bridgehead atoms. The molecule has 0 radical (unpaired) electrons. The molecule has 17 heavy (non-hydrogen) atoms. The summed E-state index contributed by atoms with van der Waals surface area (Å²) in [6.07, 6.45) is 0. The molecule has 2 N–H and O–H groups in total. The second-order valence-electron chi connectivity index (χ2n) is 4.51. The van der Waals surface area contributed by atoms with Crippen molar-refractivity contribution in [2.75, 3.05) is 5.75 Å². The zero-order valence-electron chi connectivity index (χ0n) is 9.94. The average Bonchev–Trinajstić information content (AvgIpc) is 2.60. The Morgan fingerprint density at radius 1 is 1.41 bits per heavy atom. The van der Waals surface area contributed by atoms with Crippen LogP contribution in [0.2, 0.25) is 0 Å². The summed E-state index contributed by atoms with van der Waals surface area (Å²) < 4.78 is 5.01. The number of hydrogen-bond acceptors (Lipinski definition) is 4. The molecule has 0 unspecified atom stereocenters. The summed E-state index contributed by atoms with van der Waals surface area (Å²) in [5.41, 5.74) is -0.271. The monoisotopic (exact) mass is 257 g/mol. The Morgan fingerprint density at radius 2 is 2.06 bits per heavy atom. The summed E-state index contributed by atoms with van der Waals surface area (Å²) in [4.78, 5) is 22.0. The maximum absolute atomic E-state index is 11.5. The Bertz CT molecular complexity index is 419. The number of carbonyl (C=O) groups excluding carboxylic acids is 1. The third-order valence-corrected chi connectivity index (χ3v) is 2.56. The summed E-state index contributed by atoms with van der Waals surface area (Å²) in [5.74, 6) is -1.15. The van der Waals surface area contributed by atoms with Crippen LogP contribution >= 0.6 is 11.8 Å². The van der Waals surface area contributed by atoms with E-state index in [0.717, 1.165) is 0 Å². The predicted octanol–water partition coefficient (Wildman–Crippen LogP) is 1.98. The van der Waals surface area contributed by atoms with Crippen LogP contribution in [0.4, 0.5) is 0 Å². The second kappa shape index (κ2) is 5.27. The van der Waals surface area contributed by atoms with E-state index in [-0.39, 0.29) is 23.0 Å². The van der Waals surface area contributed by atoms with Crippen molar-refractivity contribution in [2.24, 2.45) is 0 Å². The van der Waals surface area contributed by atoms with Gasteiger partial charge in [-0.1, -0.05) is 11.8 Å². The predicted molar refractivity (Wildman–Crippen MR) is 64.3 cm³/mol. The molecule has 0 saturated carbocycles.